The third-order valence-electron chi connectivity index (χ3n) is 7.83. The smallest absolute Gasteiger partial charge is 0.239 e. The Hall–Kier alpha value is -3.36. The lowest BCUT2D eigenvalue weighted by Crippen LogP contribution is -2.43. The molecule has 2 N–H and O–H groups in total. The minimum atomic E-state index is -0.463. The van der Waals surface area contributed by atoms with Crippen LogP contribution in [0.2, 0.25) is 0 Å². The van der Waals surface area contributed by atoms with Gasteiger partial charge in [0, 0.05) is 42.9 Å². The summed E-state index contributed by atoms with van der Waals surface area (Å²) in [5.41, 5.74) is 4.14. The average molecular weight is 533 g/mol. The van der Waals surface area contributed by atoms with Crippen LogP contribution in [0, 0.1) is 5.41 Å². The van der Waals surface area contributed by atoms with Gasteiger partial charge in [-0.3, -0.25) is 14.5 Å². The SMILES string of the molecule is COc1ccccc1C1C2=C(CC(C)(C)CC2=O)Nc2ccccc2N1CC(=O)NCCCN1CCOCC1. The number of anilines is 2. The molecule has 0 radical (unpaired) electrons. The van der Waals surface area contributed by atoms with E-state index in [0.717, 1.165) is 73.9 Å². The van der Waals surface area contributed by atoms with Crippen molar-refractivity contribution in [2.45, 2.75) is 39.2 Å². The van der Waals surface area contributed by atoms with Gasteiger partial charge in [-0.15, -0.1) is 0 Å². The zero-order valence-electron chi connectivity index (χ0n) is 23.3. The first-order chi connectivity index (χ1) is 18.9. The molecule has 1 atom stereocenters. The Bertz CT molecular complexity index is 1230. The largest absolute Gasteiger partial charge is 0.496 e. The number of hydrogen-bond donors (Lipinski definition) is 2. The Kier molecular flexibility index (Phi) is 8.23. The third kappa shape index (κ3) is 6.12. The summed E-state index contributed by atoms with van der Waals surface area (Å²) in [6, 6.07) is 15.3. The predicted molar refractivity (Wildman–Crippen MR) is 153 cm³/mol. The van der Waals surface area contributed by atoms with Gasteiger partial charge >= 0.3 is 0 Å². The van der Waals surface area contributed by atoms with Crippen LogP contribution >= 0.6 is 0 Å². The molecule has 0 aromatic heterocycles. The number of carbonyl (C=O) groups is 2. The molecule has 8 heteroatoms. The first kappa shape index (κ1) is 27.2. The van der Waals surface area contributed by atoms with Crippen molar-refractivity contribution < 1.29 is 19.1 Å². The van der Waals surface area contributed by atoms with Crippen molar-refractivity contribution in [1.82, 2.24) is 10.2 Å². The number of amides is 1. The summed E-state index contributed by atoms with van der Waals surface area (Å²) in [6.45, 7) is 9.34. The number of carbonyl (C=O) groups excluding carboxylic acids is 2. The van der Waals surface area contributed by atoms with Gasteiger partial charge in [-0.05, 0) is 43.0 Å². The number of ether oxygens (including phenoxy) is 2. The number of para-hydroxylation sites is 3. The first-order valence-corrected chi connectivity index (χ1v) is 13.9. The minimum absolute atomic E-state index is 0.0701. The second-order valence-corrected chi connectivity index (χ2v) is 11.4. The summed E-state index contributed by atoms with van der Waals surface area (Å²) < 4.78 is 11.2. The van der Waals surface area contributed by atoms with Gasteiger partial charge in [0.25, 0.3) is 0 Å². The Labute approximate surface area is 231 Å². The van der Waals surface area contributed by atoms with Gasteiger partial charge in [-0.1, -0.05) is 44.2 Å². The van der Waals surface area contributed by atoms with Crippen LogP contribution in [0.3, 0.4) is 0 Å². The first-order valence-electron chi connectivity index (χ1n) is 13.9. The number of rotatable bonds is 8. The maximum absolute atomic E-state index is 13.8. The normalized spacial score (nSPS) is 20.9. The fraction of sp³-hybridized carbons (Fsp3) is 0.484. The highest BCUT2D eigenvalue weighted by molar-refractivity contribution is 6.02. The van der Waals surface area contributed by atoms with Crippen molar-refractivity contribution in [3.8, 4) is 5.75 Å². The number of fused-ring (bicyclic) bond motifs is 1. The van der Waals surface area contributed by atoms with Crippen LogP contribution in [0.5, 0.6) is 5.75 Å². The lowest BCUT2D eigenvalue weighted by molar-refractivity contribution is -0.120. The van der Waals surface area contributed by atoms with E-state index in [1.165, 1.54) is 0 Å². The number of methoxy groups -OCH3 is 1. The number of nitrogens with one attached hydrogen (secondary N) is 2. The van der Waals surface area contributed by atoms with Gasteiger partial charge in [0.1, 0.15) is 5.75 Å². The number of benzene rings is 2. The summed E-state index contributed by atoms with van der Waals surface area (Å²) in [4.78, 5) is 31.7. The van der Waals surface area contributed by atoms with Crippen LogP contribution in [0.4, 0.5) is 11.4 Å². The van der Waals surface area contributed by atoms with Crippen molar-refractivity contribution >= 4 is 23.1 Å². The van der Waals surface area contributed by atoms with Gasteiger partial charge in [0.05, 0.1) is 44.3 Å². The van der Waals surface area contributed by atoms with Crippen LogP contribution in [-0.4, -0.2) is 69.6 Å². The second kappa shape index (κ2) is 11.8. The van der Waals surface area contributed by atoms with Crippen molar-refractivity contribution in [1.29, 1.82) is 0 Å². The quantitative estimate of drug-likeness (QED) is 0.494. The zero-order valence-corrected chi connectivity index (χ0v) is 23.3. The summed E-state index contributed by atoms with van der Waals surface area (Å²) in [5, 5.41) is 6.73. The van der Waals surface area contributed by atoms with E-state index in [1.807, 2.05) is 48.5 Å². The van der Waals surface area contributed by atoms with E-state index in [-0.39, 0.29) is 23.7 Å². The minimum Gasteiger partial charge on any atom is -0.496 e. The molecule has 208 valence electrons. The topological polar surface area (TPSA) is 83.1 Å². The molecule has 39 heavy (non-hydrogen) atoms. The molecule has 2 aliphatic heterocycles. The Morgan fingerprint density at radius 3 is 2.64 bits per heavy atom. The fourth-order valence-corrected chi connectivity index (χ4v) is 6.01. The van der Waals surface area contributed by atoms with Crippen LogP contribution in [-0.2, 0) is 14.3 Å². The number of nitrogens with zero attached hydrogens (tertiary/aromatic N) is 2. The van der Waals surface area contributed by atoms with Crippen LogP contribution < -0.4 is 20.3 Å². The number of morpholine rings is 1. The molecule has 2 aromatic carbocycles. The molecular weight excluding hydrogens is 492 g/mol. The van der Waals surface area contributed by atoms with E-state index < -0.39 is 6.04 Å². The molecular formula is C31H40N4O4. The molecule has 3 aliphatic rings. The van der Waals surface area contributed by atoms with E-state index in [0.29, 0.717) is 18.7 Å². The van der Waals surface area contributed by atoms with Crippen LogP contribution in [0.1, 0.15) is 44.7 Å². The van der Waals surface area contributed by atoms with Gasteiger partial charge in [0.2, 0.25) is 5.91 Å². The number of Topliss-reactive ketones (excluding diaryl/α,β-unsaturated/α-hetero) is 1. The van der Waals surface area contributed by atoms with Crippen LogP contribution in [0.15, 0.2) is 59.8 Å². The van der Waals surface area contributed by atoms with Gasteiger partial charge in [-0.25, -0.2) is 0 Å². The van der Waals surface area contributed by atoms with Crippen molar-refractivity contribution in [2.75, 3.05) is 63.3 Å². The molecule has 8 nitrogen and oxygen atoms in total. The molecule has 0 spiro atoms. The molecule has 1 unspecified atom stereocenters. The van der Waals surface area contributed by atoms with E-state index in [2.05, 4.69) is 34.3 Å². The molecule has 2 aromatic rings. The highest BCUT2D eigenvalue weighted by Crippen LogP contribution is 2.49. The summed E-state index contributed by atoms with van der Waals surface area (Å²) in [6.07, 6.45) is 2.08. The third-order valence-corrected chi connectivity index (χ3v) is 7.83. The number of allylic oxidation sites excluding steroid dienone is 1. The molecule has 1 fully saturated rings. The van der Waals surface area contributed by atoms with Gasteiger partial charge in [-0.2, -0.15) is 0 Å². The Morgan fingerprint density at radius 1 is 1.10 bits per heavy atom. The zero-order chi connectivity index (χ0) is 27.4. The Morgan fingerprint density at radius 2 is 1.85 bits per heavy atom. The Balaban J connectivity index is 1.47. The fourth-order valence-electron chi connectivity index (χ4n) is 6.01. The molecule has 5 rings (SSSR count). The number of ketones is 1. The van der Waals surface area contributed by atoms with Gasteiger partial charge in [0.15, 0.2) is 5.78 Å². The molecule has 2 heterocycles. The molecule has 1 amide bonds. The highest BCUT2D eigenvalue weighted by Gasteiger charge is 2.42. The van der Waals surface area contributed by atoms with E-state index in [1.54, 1.807) is 7.11 Å². The number of hydrogen-bond acceptors (Lipinski definition) is 7. The highest BCUT2D eigenvalue weighted by atomic mass is 16.5. The van der Waals surface area contributed by atoms with E-state index >= 15 is 0 Å². The maximum Gasteiger partial charge on any atom is 0.239 e. The lowest BCUT2D eigenvalue weighted by atomic mass is 9.73. The summed E-state index contributed by atoms with van der Waals surface area (Å²) in [5.74, 6) is 0.731. The van der Waals surface area contributed by atoms with E-state index in [4.69, 9.17) is 9.47 Å². The molecule has 1 aliphatic carbocycles. The standard InChI is InChI=1S/C31H40N4O4/c1-31(2)19-24-29(26(36)20-31)30(22-9-4-7-12-27(22)38-3)35(25-11-6-5-10-23(25)33-24)21-28(37)32-13-8-14-34-15-17-39-18-16-34/h4-7,9-12,30,33H,8,13-21H2,1-3H3,(H,32,37). The van der Waals surface area contributed by atoms with Gasteiger partial charge < -0.3 is 25.0 Å². The maximum atomic E-state index is 13.8. The summed E-state index contributed by atoms with van der Waals surface area (Å²) >= 11 is 0. The van der Waals surface area contributed by atoms with Crippen molar-refractivity contribution in [3.63, 3.8) is 0 Å². The second-order valence-electron chi connectivity index (χ2n) is 11.4. The predicted octanol–water partition coefficient (Wildman–Crippen LogP) is 4.15. The van der Waals surface area contributed by atoms with Crippen molar-refractivity contribution in [3.05, 3.63) is 65.4 Å². The average Bonchev–Trinajstić information content (AvgIpc) is 3.05. The molecule has 1 saturated heterocycles. The van der Waals surface area contributed by atoms with E-state index in [9.17, 15) is 9.59 Å². The lowest BCUT2D eigenvalue weighted by Gasteiger charge is -2.38. The molecule has 0 bridgehead atoms. The van der Waals surface area contributed by atoms with Crippen LogP contribution in [0.25, 0.3) is 0 Å². The summed E-state index contributed by atoms with van der Waals surface area (Å²) in [7, 11) is 1.65. The monoisotopic (exact) mass is 532 g/mol. The molecule has 0 saturated carbocycles. The van der Waals surface area contributed by atoms with Crippen molar-refractivity contribution in [2.24, 2.45) is 5.41 Å².